The third-order valence-corrected chi connectivity index (χ3v) is 30.8. The molecular formula is C94H144N6S6. The summed E-state index contributed by atoms with van der Waals surface area (Å²) in [7, 11) is 0. The predicted octanol–water partition coefficient (Wildman–Crippen LogP) is 34.4. The van der Waals surface area contributed by atoms with E-state index in [0.717, 1.165) is 44.6 Å². The Labute approximate surface area is 671 Å². The van der Waals surface area contributed by atoms with Gasteiger partial charge in [-0.25, -0.2) is 0 Å². The number of hydrogen-bond donors (Lipinski definition) is 0. The van der Waals surface area contributed by atoms with Crippen molar-refractivity contribution in [2.45, 2.75) is 438 Å². The molecule has 8 heterocycles. The van der Waals surface area contributed by atoms with Crippen LogP contribution in [0.3, 0.4) is 0 Å². The number of fused-ring (bicyclic) bond motifs is 8. The highest BCUT2D eigenvalue weighted by Crippen LogP contribution is 2.64. The highest BCUT2D eigenvalue weighted by atomic mass is 32.1. The first-order chi connectivity index (χ1) is 52.4. The normalized spacial score (nSPS) is 13.5. The Morgan fingerprint density at radius 2 is 0.500 bits per heavy atom. The van der Waals surface area contributed by atoms with Gasteiger partial charge in [0.05, 0.1) is 34.0 Å². The summed E-state index contributed by atoms with van der Waals surface area (Å²) in [5.41, 5.74) is 14.6. The largest absolute Gasteiger partial charge is 0.258 e. The Kier molecular flexibility index (Phi) is 38.5. The van der Waals surface area contributed by atoms with Crippen LogP contribution in [0.4, 0.5) is 0 Å². The van der Waals surface area contributed by atoms with Crippen molar-refractivity contribution in [2.24, 2.45) is 0 Å². The highest BCUT2D eigenvalue weighted by molar-refractivity contribution is 7.26. The number of nitrogens with zero attached hydrogens (tertiary/aromatic N) is 6. The summed E-state index contributed by atoms with van der Waals surface area (Å²) in [5, 5.41) is 0. The molecule has 106 heavy (non-hydrogen) atoms. The molecule has 8 aromatic heterocycles. The van der Waals surface area contributed by atoms with Crippen LogP contribution in [0.15, 0.2) is 36.7 Å². The molecule has 0 N–H and O–H groups in total. The second-order valence-electron chi connectivity index (χ2n) is 33.4. The van der Waals surface area contributed by atoms with Gasteiger partial charge in [-0.1, -0.05) is 387 Å². The summed E-state index contributed by atoms with van der Waals surface area (Å²) in [4.78, 5) is 21.9. The summed E-state index contributed by atoms with van der Waals surface area (Å²) in [6.07, 6.45) is 87.1. The molecule has 10 rings (SSSR count). The van der Waals surface area contributed by atoms with Crippen LogP contribution < -0.4 is 0 Å². The van der Waals surface area contributed by atoms with E-state index in [-0.39, 0.29) is 10.8 Å². The number of aryl methyl sites for hydroxylation is 2. The van der Waals surface area contributed by atoms with Gasteiger partial charge >= 0.3 is 0 Å². The number of rotatable bonds is 63. The van der Waals surface area contributed by atoms with Crippen LogP contribution in [0.5, 0.6) is 0 Å². The minimum Gasteiger partial charge on any atom is -0.258 e. The maximum atomic E-state index is 5.63. The van der Waals surface area contributed by atoms with Crippen LogP contribution in [-0.4, -0.2) is 27.5 Å². The monoisotopic (exact) mass is 1550 g/mol. The highest BCUT2D eigenvalue weighted by Gasteiger charge is 2.47. The second kappa shape index (κ2) is 48.0. The van der Waals surface area contributed by atoms with Crippen LogP contribution in [0.1, 0.15) is 446 Å². The molecule has 586 valence electrons. The molecule has 0 aromatic carbocycles. The van der Waals surface area contributed by atoms with Gasteiger partial charge in [-0.05, 0) is 86.1 Å². The van der Waals surface area contributed by atoms with E-state index in [4.69, 9.17) is 27.5 Å². The zero-order valence-electron chi connectivity index (χ0n) is 68.0. The van der Waals surface area contributed by atoms with Crippen LogP contribution in [0, 0.1) is 13.8 Å². The van der Waals surface area contributed by atoms with E-state index in [1.165, 1.54) is 443 Å². The van der Waals surface area contributed by atoms with Crippen molar-refractivity contribution in [2.75, 3.05) is 0 Å². The molecular weight excluding hydrogens is 1410 g/mol. The molecule has 0 unspecified atom stereocenters. The minimum absolute atomic E-state index is 0.0637. The molecule has 0 saturated heterocycles. The smallest absolute Gasteiger partial charge is 0.132 e. The number of unbranched alkanes of at least 4 members (excludes halogenated alkanes) is 52. The first-order valence-corrected chi connectivity index (χ1v) is 49.8. The number of pyridine rings is 2. The van der Waals surface area contributed by atoms with Crippen molar-refractivity contribution in [3.8, 4) is 51.0 Å². The van der Waals surface area contributed by atoms with E-state index >= 15 is 0 Å². The number of thiophene rings is 4. The Bertz CT molecular complexity index is 3640. The molecule has 0 bridgehead atoms. The summed E-state index contributed by atoms with van der Waals surface area (Å²) >= 11 is 10.8. The topological polar surface area (TPSA) is 77.3 Å². The molecule has 0 spiro atoms. The summed E-state index contributed by atoms with van der Waals surface area (Å²) in [5.74, 6) is 0. The van der Waals surface area contributed by atoms with Crippen molar-refractivity contribution >= 4 is 90.9 Å². The van der Waals surface area contributed by atoms with E-state index in [1.54, 1.807) is 27.1 Å². The number of aromatic nitrogens is 6. The van der Waals surface area contributed by atoms with Gasteiger partial charge < -0.3 is 0 Å². The van der Waals surface area contributed by atoms with E-state index in [0.29, 0.717) is 0 Å². The molecule has 0 saturated carbocycles. The molecule has 8 aromatic rings. The molecule has 12 heteroatoms. The Hall–Kier alpha value is -3.26. The van der Waals surface area contributed by atoms with Crippen molar-refractivity contribution in [1.82, 2.24) is 27.5 Å². The van der Waals surface area contributed by atoms with Gasteiger partial charge in [0, 0.05) is 68.5 Å². The van der Waals surface area contributed by atoms with Gasteiger partial charge in [0.2, 0.25) is 0 Å². The van der Waals surface area contributed by atoms with Crippen molar-refractivity contribution in [1.29, 1.82) is 0 Å². The van der Waals surface area contributed by atoms with E-state index in [1.807, 2.05) is 34.0 Å². The average molecular weight is 1550 g/mol. The first-order valence-electron chi connectivity index (χ1n) is 45.1. The van der Waals surface area contributed by atoms with Crippen molar-refractivity contribution in [3.63, 3.8) is 0 Å². The van der Waals surface area contributed by atoms with Gasteiger partial charge in [-0.3, -0.25) is 9.97 Å². The molecule has 0 atom stereocenters. The van der Waals surface area contributed by atoms with Gasteiger partial charge in [-0.2, -0.15) is 17.5 Å². The Morgan fingerprint density at radius 3 is 0.830 bits per heavy atom. The second-order valence-corrected chi connectivity index (χ2v) is 38.9. The van der Waals surface area contributed by atoms with Crippen LogP contribution in [0.2, 0.25) is 0 Å². The Balaban J connectivity index is 0.881. The van der Waals surface area contributed by atoms with E-state index in [2.05, 4.69) is 89.5 Å². The summed E-state index contributed by atoms with van der Waals surface area (Å²) in [6.45, 7) is 13.8. The van der Waals surface area contributed by atoms with Gasteiger partial charge in [0.25, 0.3) is 0 Å². The lowest BCUT2D eigenvalue weighted by atomic mass is 9.71. The van der Waals surface area contributed by atoms with E-state index in [9.17, 15) is 0 Å². The SMILES string of the molecule is CCCCCCCCCCCCCCCCC1(CCCCCCCCCCCCCCCC)c2cc(C)sc2-c2sc(-c3cnc(-c4cc5c(s4)-c4sc(-c6cnc(C)c7nsnc67)cc4C5(CCCCCCCCCCCCCCCC)CCCCCCCCCCCCCCCC)c4nsnc34)cc21. The molecule has 2 aliphatic rings. The van der Waals surface area contributed by atoms with Crippen LogP contribution >= 0.6 is 68.8 Å². The lowest BCUT2D eigenvalue weighted by Gasteiger charge is -2.31. The maximum Gasteiger partial charge on any atom is 0.132 e. The predicted molar refractivity (Wildman–Crippen MR) is 473 cm³/mol. The fourth-order valence-electron chi connectivity index (χ4n) is 18.5. The van der Waals surface area contributed by atoms with Gasteiger partial charge in [0.1, 0.15) is 27.8 Å². The molecule has 0 aliphatic heterocycles. The minimum atomic E-state index is -0.0677. The first kappa shape index (κ1) is 85.2. The zero-order valence-corrected chi connectivity index (χ0v) is 72.9. The molecule has 6 nitrogen and oxygen atoms in total. The van der Waals surface area contributed by atoms with E-state index < -0.39 is 0 Å². The lowest BCUT2D eigenvalue weighted by molar-refractivity contribution is 0.397. The maximum absolute atomic E-state index is 5.63. The molecule has 0 radical (unpaired) electrons. The number of hydrogen-bond acceptors (Lipinski definition) is 12. The zero-order chi connectivity index (χ0) is 73.7. The van der Waals surface area contributed by atoms with Crippen molar-refractivity contribution in [3.05, 3.63) is 69.5 Å². The van der Waals surface area contributed by atoms with Crippen molar-refractivity contribution < 1.29 is 0 Å². The third kappa shape index (κ3) is 24.4. The average Bonchev–Trinajstić information content (AvgIpc) is 1.55. The Morgan fingerprint density at radius 1 is 0.255 bits per heavy atom. The third-order valence-electron chi connectivity index (χ3n) is 24.9. The standard InChI is InChI=1S/C94H144N6S6/c1-7-11-15-19-23-27-31-35-39-43-47-51-55-59-63-93(64-60-56-52-48-44-40-36-32-28-24-20-16-12-8-2)77-67-73(5)101-89(77)90-78(93)68-82(102-90)76-72-96-87(88-86(76)99-106-100-88)83-70-80-92(104-83)91-79(69-81(103-91)75-71-95-74(6)84-85(75)98-105-97-84)94(80,65-61-57-53-49-45-41-37-33-29-25-21-17-13-9-3)66-62-58-54-50-46-42-38-34-30-26-22-18-14-10-4/h67-72H,7-66H2,1-6H3. The molecule has 2 aliphatic carbocycles. The summed E-state index contributed by atoms with van der Waals surface area (Å²) < 4.78 is 20.2. The quantitative estimate of drug-likeness (QED) is 0.0354. The van der Waals surface area contributed by atoms with Gasteiger partial charge in [-0.15, -0.1) is 45.3 Å². The van der Waals surface area contributed by atoms with Crippen LogP contribution in [0.25, 0.3) is 73.0 Å². The molecule has 0 fully saturated rings. The molecule has 0 amide bonds. The lowest BCUT2D eigenvalue weighted by Crippen LogP contribution is -2.25. The van der Waals surface area contributed by atoms with Crippen LogP contribution in [-0.2, 0) is 10.8 Å². The van der Waals surface area contributed by atoms with Gasteiger partial charge in [0.15, 0.2) is 0 Å². The summed E-state index contributed by atoms with van der Waals surface area (Å²) in [6, 6.07) is 10.5. The fourth-order valence-corrected chi connectivity index (χ4v) is 24.9. The fraction of sp³-hybridized carbons (Fsp3) is 0.723.